The van der Waals surface area contributed by atoms with Gasteiger partial charge in [-0.1, -0.05) is 30.7 Å². The second-order valence-corrected chi connectivity index (χ2v) is 5.42. The summed E-state index contributed by atoms with van der Waals surface area (Å²) in [5.74, 6) is 1.84. The Morgan fingerprint density at radius 1 is 1.37 bits per heavy atom. The lowest BCUT2D eigenvalue weighted by atomic mass is 9.79. The third-order valence-electron chi connectivity index (χ3n) is 4.23. The van der Waals surface area contributed by atoms with Crippen LogP contribution in [0, 0.1) is 0 Å². The summed E-state index contributed by atoms with van der Waals surface area (Å²) >= 11 is 0. The molecule has 1 atom stereocenters. The van der Waals surface area contributed by atoms with E-state index in [0.29, 0.717) is 0 Å². The van der Waals surface area contributed by atoms with Crippen molar-refractivity contribution < 1.29 is 0 Å². The molecule has 0 aliphatic heterocycles. The highest BCUT2D eigenvalue weighted by molar-refractivity contribution is 5.32. The van der Waals surface area contributed by atoms with Crippen LogP contribution in [0.15, 0.2) is 36.7 Å². The average molecular weight is 255 g/mol. The zero-order chi connectivity index (χ0) is 13.2. The maximum Gasteiger partial charge on any atom is 0.130 e. The Hall–Kier alpha value is -1.61. The molecule has 19 heavy (non-hydrogen) atoms. The molecule has 1 aromatic carbocycles. The Morgan fingerprint density at radius 3 is 2.79 bits per heavy atom. The summed E-state index contributed by atoms with van der Waals surface area (Å²) in [4.78, 5) is 4.47. The van der Waals surface area contributed by atoms with Gasteiger partial charge in [-0.3, -0.25) is 0 Å². The summed E-state index contributed by atoms with van der Waals surface area (Å²) in [5.41, 5.74) is 2.79. The van der Waals surface area contributed by atoms with Gasteiger partial charge in [-0.25, -0.2) is 4.98 Å². The molecule has 0 saturated heterocycles. The molecule has 3 rings (SSSR count). The third kappa shape index (κ3) is 2.30. The number of hydrogen-bond acceptors (Lipinski definition) is 2. The summed E-state index contributed by atoms with van der Waals surface area (Å²) in [7, 11) is 4.04. The first kappa shape index (κ1) is 12.4. The number of nitrogens with one attached hydrogen (secondary N) is 1. The van der Waals surface area contributed by atoms with Crippen molar-refractivity contribution in [2.75, 3.05) is 7.05 Å². The van der Waals surface area contributed by atoms with Crippen molar-refractivity contribution in [3.8, 4) is 0 Å². The second-order valence-electron chi connectivity index (χ2n) is 5.42. The minimum atomic E-state index is 0.167. The van der Waals surface area contributed by atoms with Crippen LogP contribution in [0.2, 0.25) is 0 Å². The van der Waals surface area contributed by atoms with Gasteiger partial charge in [0.2, 0.25) is 0 Å². The molecule has 0 radical (unpaired) electrons. The lowest BCUT2D eigenvalue weighted by molar-refractivity contribution is 0.419. The van der Waals surface area contributed by atoms with Crippen LogP contribution in [-0.4, -0.2) is 16.6 Å². The van der Waals surface area contributed by atoms with Crippen LogP contribution in [-0.2, 0) is 7.05 Å². The van der Waals surface area contributed by atoms with E-state index in [-0.39, 0.29) is 6.04 Å². The average Bonchev–Trinajstić information content (AvgIpc) is 2.75. The monoisotopic (exact) mass is 255 g/mol. The molecule has 0 spiro atoms. The highest BCUT2D eigenvalue weighted by Crippen LogP contribution is 2.37. The van der Waals surface area contributed by atoms with Crippen LogP contribution in [0.5, 0.6) is 0 Å². The van der Waals surface area contributed by atoms with Crippen LogP contribution >= 0.6 is 0 Å². The Kier molecular flexibility index (Phi) is 3.38. The predicted octanol–water partition coefficient (Wildman–Crippen LogP) is 3.00. The normalized spacial score (nSPS) is 17.2. The number of rotatable bonds is 4. The highest BCUT2D eigenvalue weighted by atomic mass is 15.1. The van der Waals surface area contributed by atoms with Crippen LogP contribution in [0.3, 0.4) is 0 Å². The molecule has 3 heteroatoms. The molecule has 0 amide bonds. The number of hydrogen-bond donors (Lipinski definition) is 1. The summed E-state index contributed by atoms with van der Waals surface area (Å²) in [6, 6.07) is 9.15. The van der Waals surface area contributed by atoms with Gasteiger partial charge in [-0.2, -0.15) is 0 Å². The SMILES string of the molecule is CNC(c1cccc(C2CCC2)c1)c1nccn1C. The summed E-state index contributed by atoms with van der Waals surface area (Å²) in [6.07, 6.45) is 7.92. The fraction of sp³-hybridized carbons (Fsp3) is 0.438. The number of imidazole rings is 1. The third-order valence-corrected chi connectivity index (χ3v) is 4.23. The summed E-state index contributed by atoms with van der Waals surface area (Å²) < 4.78 is 2.08. The lowest BCUT2D eigenvalue weighted by Crippen LogP contribution is -2.21. The molecule has 1 aliphatic carbocycles. The van der Waals surface area contributed by atoms with Gasteiger partial charge < -0.3 is 9.88 Å². The first-order valence-electron chi connectivity index (χ1n) is 7.04. The standard InChI is InChI=1S/C16H21N3/c1-17-15(16-18-9-10-19(16)2)14-8-4-7-13(11-14)12-5-3-6-12/h4,7-12,15,17H,3,5-6H2,1-2H3. The van der Waals surface area contributed by atoms with E-state index in [4.69, 9.17) is 0 Å². The molecule has 1 aliphatic rings. The molecule has 1 aromatic heterocycles. The quantitative estimate of drug-likeness (QED) is 0.910. The maximum absolute atomic E-state index is 4.47. The van der Waals surface area contributed by atoms with Crippen LogP contribution in [0.4, 0.5) is 0 Å². The highest BCUT2D eigenvalue weighted by Gasteiger charge is 2.22. The van der Waals surface area contributed by atoms with Crippen LogP contribution < -0.4 is 5.32 Å². The molecule has 1 fully saturated rings. The van der Waals surface area contributed by atoms with Crippen molar-refractivity contribution in [3.63, 3.8) is 0 Å². The van der Waals surface area contributed by atoms with Gasteiger partial charge in [0.1, 0.15) is 5.82 Å². The smallest absolute Gasteiger partial charge is 0.130 e. The van der Waals surface area contributed by atoms with Crippen LogP contribution in [0.25, 0.3) is 0 Å². The van der Waals surface area contributed by atoms with Gasteiger partial charge in [0.05, 0.1) is 6.04 Å². The van der Waals surface area contributed by atoms with E-state index in [1.807, 2.05) is 26.5 Å². The van der Waals surface area contributed by atoms with Gasteiger partial charge >= 0.3 is 0 Å². The first-order chi connectivity index (χ1) is 9.29. The van der Waals surface area contributed by atoms with E-state index >= 15 is 0 Å². The fourth-order valence-corrected chi connectivity index (χ4v) is 2.83. The lowest BCUT2D eigenvalue weighted by Gasteiger charge is -2.27. The Balaban J connectivity index is 1.93. The van der Waals surface area contributed by atoms with Gasteiger partial charge in [0.25, 0.3) is 0 Å². The maximum atomic E-state index is 4.47. The molecule has 3 nitrogen and oxygen atoms in total. The summed E-state index contributed by atoms with van der Waals surface area (Å²) in [5, 5.41) is 3.38. The zero-order valence-electron chi connectivity index (χ0n) is 11.6. The second kappa shape index (κ2) is 5.17. The van der Waals surface area contributed by atoms with Gasteiger partial charge in [0, 0.05) is 19.4 Å². The molecule has 2 aromatic rings. The molecule has 1 N–H and O–H groups in total. The molecular formula is C16H21N3. The van der Waals surface area contributed by atoms with Crippen molar-refractivity contribution in [2.24, 2.45) is 7.05 Å². The molecule has 100 valence electrons. The molecule has 0 bridgehead atoms. The topological polar surface area (TPSA) is 29.9 Å². The first-order valence-corrected chi connectivity index (χ1v) is 7.04. The van der Waals surface area contributed by atoms with Gasteiger partial charge in [0.15, 0.2) is 0 Å². The van der Waals surface area contributed by atoms with E-state index in [0.717, 1.165) is 11.7 Å². The van der Waals surface area contributed by atoms with E-state index in [1.54, 1.807) is 0 Å². The Bertz CT molecular complexity index is 555. The van der Waals surface area contributed by atoms with Crippen molar-refractivity contribution >= 4 is 0 Å². The van der Waals surface area contributed by atoms with Crippen molar-refractivity contribution in [2.45, 2.75) is 31.2 Å². The largest absolute Gasteiger partial charge is 0.336 e. The van der Waals surface area contributed by atoms with Gasteiger partial charge in [-0.15, -0.1) is 0 Å². The van der Waals surface area contributed by atoms with E-state index in [2.05, 4.69) is 39.1 Å². The molecule has 1 unspecified atom stereocenters. The van der Waals surface area contributed by atoms with E-state index in [9.17, 15) is 0 Å². The Morgan fingerprint density at radius 2 is 2.21 bits per heavy atom. The zero-order valence-corrected chi connectivity index (χ0v) is 11.6. The van der Waals surface area contributed by atoms with Crippen molar-refractivity contribution in [1.82, 2.24) is 14.9 Å². The molecular weight excluding hydrogens is 234 g/mol. The van der Waals surface area contributed by atoms with Crippen molar-refractivity contribution in [3.05, 3.63) is 53.6 Å². The number of aromatic nitrogens is 2. The number of aryl methyl sites for hydroxylation is 1. The molecule has 1 heterocycles. The minimum absolute atomic E-state index is 0.167. The fourth-order valence-electron chi connectivity index (χ4n) is 2.83. The number of nitrogens with zero attached hydrogens (tertiary/aromatic N) is 2. The van der Waals surface area contributed by atoms with E-state index in [1.165, 1.54) is 30.4 Å². The predicted molar refractivity (Wildman–Crippen MR) is 77.1 cm³/mol. The van der Waals surface area contributed by atoms with E-state index < -0.39 is 0 Å². The van der Waals surface area contributed by atoms with Crippen LogP contribution in [0.1, 0.15) is 48.2 Å². The Labute approximate surface area is 114 Å². The summed E-state index contributed by atoms with van der Waals surface area (Å²) in [6.45, 7) is 0. The number of benzene rings is 1. The van der Waals surface area contributed by atoms with Crippen molar-refractivity contribution in [1.29, 1.82) is 0 Å². The minimum Gasteiger partial charge on any atom is -0.336 e. The molecule has 1 saturated carbocycles. The van der Waals surface area contributed by atoms with Gasteiger partial charge in [-0.05, 0) is 36.9 Å².